The van der Waals surface area contributed by atoms with Gasteiger partial charge < -0.3 is 19.9 Å². The maximum atomic E-state index is 12.1. The zero-order valence-corrected chi connectivity index (χ0v) is 14.7. The number of benzene rings is 1. The number of carbonyl (C=O) groups excluding carboxylic acids is 1. The van der Waals surface area contributed by atoms with Crippen LogP contribution in [0.2, 0.25) is 0 Å². The normalized spacial score (nSPS) is 10.4. The lowest BCUT2D eigenvalue weighted by molar-refractivity contribution is 0.0527. The van der Waals surface area contributed by atoms with Crippen LogP contribution in [0.3, 0.4) is 0 Å². The van der Waals surface area contributed by atoms with E-state index in [4.69, 9.17) is 9.26 Å². The van der Waals surface area contributed by atoms with Gasteiger partial charge in [-0.2, -0.15) is 4.98 Å². The van der Waals surface area contributed by atoms with E-state index in [-0.39, 0.29) is 0 Å². The Labute approximate surface area is 150 Å². The number of ether oxygens (including phenoxy) is 1. The molecule has 2 N–H and O–H groups in total. The third-order valence-electron chi connectivity index (χ3n) is 3.41. The second-order valence-corrected chi connectivity index (χ2v) is 5.56. The number of aromatic nitrogens is 3. The van der Waals surface area contributed by atoms with Crippen LogP contribution in [0.1, 0.15) is 28.7 Å². The smallest absolute Gasteiger partial charge is 0.340 e. The van der Waals surface area contributed by atoms with Crippen LogP contribution in [-0.2, 0) is 4.74 Å². The Hall–Kier alpha value is -3.42. The molecule has 0 amide bonds. The fourth-order valence-corrected chi connectivity index (χ4v) is 2.35. The van der Waals surface area contributed by atoms with Crippen molar-refractivity contribution in [3.63, 3.8) is 0 Å². The molecule has 26 heavy (non-hydrogen) atoms. The number of carbonyl (C=O) groups is 1. The summed E-state index contributed by atoms with van der Waals surface area (Å²) in [7, 11) is 0. The van der Waals surface area contributed by atoms with Crippen molar-refractivity contribution in [2.24, 2.45) is 0 Å². The number of aryl methyl sites for hydroxylation is 2. The highest BCUT2D eigenvalue weighted by Gasteiger charge is 2.13. The van der Waals surface area contributed by atoms with Crippen LogP contribution >= 0.6 is 0 Å². The predicted octanol–water partition coefficient (Wildman–Crippen LogP) is 3.75. The minimum absolute atomic E-state index is 0.310. The van der Waals surface area contributed by atoms with Gasteiger partial charge >= 0.3 is 5.97 Å². The summed E-state index contributed by atoms with van der Waals surface area (Å²) in [6.07, 6.45) is 0. The average Bonchev–Trinajstić information content (AvgIpc) is 3.00. The van der Waals surface area contributed by atoms with Gasteiger partial charge in [0.2, 0.25) is 5.95 Å². The second-order valence-electron chi connectivity index (χ2n) is 5.56. The minimum Gasteiger partial charge on any atom is -0.462 e. The molecule has 0 unspecified atom stereocenters. The molecule has 134 valence electrons. The first kappa shape index (κ1) is 17.4. The van der Waals surface area contributed by atoms with Crippen LogP contribution in [0.25, 0.3) is 0 Å². The van der Waals surface area contributed by atoms with Gasteiger partial charge in [-0.25, -0.2) is 9.78 Å². The van der Waals surface area contributed by atoms with Gasteiger partial charge in [0.05, 0.1) is 17.9 Å². The highest BCUT2D eigenvalue weighted by molar-refractivity contribution is 5.96. The van der Waals surface area contributed by atoms with Gasteiger partial charge in [-0.1, -0.05) is 17.3 Å². The fourth-order valence-electron chi connectivity index (χ4n) is 2.35. The third-order valence-corrected chi connectivity index (χ3v) is 3.41. The highest BCUT2D eigenvalue weighted by atomic mass is 16.5. The van der Waals surface area contributed by atoms with Crippen molar-refractivity contribution in [3.8, 4) is 0 Å². The molecule has 8 heteroatoms. The number of hydrogen-bond donors (Lipinski definition) is 2. The molecule has 0 saturated heterocycles. The zero-order valence-electron chi connectivity index (χ0n) is 14.7. The Morgan fingerprint density at radius 2 is 1.92 bits per heavy atom. The number of nitrogens with one attached hydrogen (secondary N) is 2. The third kappa shape index (κ3) is 4.15. The van der Waals surface area contributed by atoms with Crippen LogP contribution in [0.15, 0.2) is 40.9 Å². The molecule has 3 aromatic rings. The summed E-state index contributed by atoms with van der Waals surface area (Å²) >= 11 is 0. The maximum Gasteiger partial charge on any atom is 0.340 e. The van der Waals surface area contributed by atoms with Crippen molar-refractivity contribution in [1.82, 2.24) is 15.1 Å². The quantitative estimate of drug-likeness (QED) is 0.646. The Balaban J connectivity index is 1.85. The van der Waals surface area contributed by atoms with Crippen molar-refractivity contribution in [2.45, 2.75) is 20.8 Å². The van der Waals surface area contributed by atoms with Crippen molar-refractivity contribution >= 4 is 29.2 Å². The molecule has 1 aromatic carbocycles. The molecular weight excluding hydrogens is 334 g/mol. The van der Waals surface area contributed by atoms with Gasteiger partial charge in [0.15, 0.2) is 5.82 Å². The van der Waals surface area contributed by atoms with E-state index in [9.17, 15) is 4.79 Å². The maximum absolute atomic E-state index is 12.1. The van der Waals surface area contributed by atoms with E-state index in [0.29, 0.717) is 41.2 Å². The van der Waals surface area contributed by atoms with E-state index >= 15 is 0 Å². The van der Waals surface area contributed by atoms with Crippen molar-refractivity contribution in [2.75, 3.05) is 17.2 Å². The molecule has 2 aromatic heterocycles. The van der Waals surface area contributed by atoms with E-state index in [1.165, 1.54) is 0 Å². The number of anilines is 4. The summed E-state index contributed by atoms with van der Waals surface area (Å²) in [6, 6.07) is 10.6. The van der Waals surface area contributed by atoms with Crippen LogP contribution in [-0.4, -0.2) is 27.7 Å². The molecule has 0 aliphatic rings. The molecule has 0 spiro atoms. The average molecular weight is 353 g/mol. The summed E-state index contributed by atoms with van der Waals surface area (Å²) in [6.45, 7) is 5.73. The highest BCUT2D eigenvalue weighted by Crippen LogP contribution is 2.22. The van der Waals surface area contributed by atoms with Crippen LogP contribution in [0.5, 0.6) is 0 Å². The first-order valence-corrected chi connectivity index (χ1v) is 8.14. The number of esters is 1. The Morgan fingerprint density at radius 3 is 2.65 bits per heavy atom. The predicted molar refractivity (Wildman–Crippen MR) is 97.0 cm³/mol. The van der Waals surface area contributed by atoms with Crippen molar-refractivity contribution in [3.05, 3.63) is 53.4 Å². The van der Waals surface area contributed by atoms with E-state index < -0.39 is 5.97 Å². The molecule has 0 saturated carbocycles. The number of hydrogen-bond acceptors (Lipinski definition) is 8. The van der Waals surface area contributed by atoms with Crippen molar-refractivity contribution < 1.29 is 14.1 Å². The molecule has 0 aliphatic carbocycles. The fraction of sp³-hybridized carbons (Fsp3) is 0.222. The molecule has 0 fully saturated rings. The van der Waals surface area contributed by atoms with Crippen LogP contribution < -0.4 is 10.6 Å². The number of nitrogens with zero attached hydrogens (tertiary/aromatic N) is 3. The van der Waals surface area contributed by atoms with Gasteiger partial charge in [0, 0.05) is 17.8 Å². The largest absolute Gasteiger partial charge is 0.462 e. The van der Waals surface area contributed by atoms with Gasteiger partial charge in [-0.15, -0.1) is 0 Å². The van der Waals surface area contributed by atoms with E-state index in [2.05, 4.69) is 25.8 Å². The van der Waals surface area contributed by atoms with Gasteiger partial charge in [0.25, 0.3) is 0 Å². The molecule has 8 nitrogen and oxygen atoms in total. The lowest BCUT2D eigenvalue weighted by Gasteiger charge is -2.12. The summed E-state index contributed by atoms with van der Waals surface area (Å²) in [4.78, 5) is 20.9. The number of rotatable bonds is 6. The summed E-state index contributed by atoms with van der Waals surface area (Å²) in [5, 5.41) is 10.0. The van der Waals surface area contributed by atoms with Crippen molar-refractivity contribution in [1.29, 1.82) is 0 Å². The second kappa shape index (κ2) is 7.64. The Morgan fingerprint density at radius 1 is 1.12 bits per heavy atom. The molecule has 0 atom stereocenters. The zero-order chi connectivity index (χ0) is 18.5. The monoisotopic (exact) mass is 353 g/mol. The summed E-state index contributed by atoms with van der Waals surface area (Å²) < 4.78 is 10.1. The first-order valence-electron chi connectivity index (χ1n) is 8.14. The Kier molecular flexibility index (Phi) is 5.12. The minimum atomic E-state index is -0.391. The molecular formula is C18H19N5O3. The molecule has 3 rings (SSSR count). The Bertz CT molecular complexity index is 923. The summed E-state index contributed by atoms with van der Waals surface area (Å²) in [5.74, 6) is 1.72. The summed E-state index contributed by atoms with van der Waals surface area (Å²) in [5.41, 5.74) is 1.79. The first-order chi connectivity index (χ1) is 12.5. The SMILES string of the molecule is CCOC(=O)c1ccccc1Nc1cc(C)nc(Nc2cc(C)on2)n1. The topological polar surface area (TPSA) is 102 Å². The molecule has 0 aliphatic heterocycles. The molecule has 0 radical (unpaired) electrons. The van der Waals surface area contributed by atoms with Gasteiger partial charge in [-0.05, 0) is 32.9 Å². The van der Waals surface area contributed by atoms with E-state index in [1.807, 2.05) is 13.0 Å². The standard InChI is InChI=1S/C18H19N5O3/c1-4-25-17(24)13-7-5-6-8-14(13)20-15-9-11(2)19-18(21-15)22-16-10-12(3)26-23-16/h5-10H,4H2,1-3H3,(H2,19,20,21,22,23). The van der Waals surface area contributed by atoms with Crippen LogP contribution in [0.4, 0.5) is 23.3 Å². The van der Waals surface area contributed by atoms with Crippen LogP contribution in [0, 0.1) is 13.8 Å². The van der Waals surface area contributed by atoms with E-state index in [0.717, 1.165) is 5.69 Å². The van der Waals surface area contributed by atoms with E-state index in [1.54, 1.807) is 44.2 Å². The lowest BCUT2D eigenvalue weighted by Crippen LogP contribution is -2.09. The van der Waals surface area contributed by atoms with Gasteiger partial charge in [-0.3, -0.25) is 0 Å². The molecule has 0 bridgehead atoms. The number of para-hydroxylation sites is 1. The molecule has 2 heterocycles. The van der Waals surface area contributed by atoms with Gasteiger partial charge in [0.1, 0.15) is 11.6 Å². The lowest BCUT2D eigenvalue weighted by atomic mass is 10.2.